The van der Waals surface area contributed by atoms with Gasteiger partial charge in [-0.15, -0.1) is 11.3 Å². The average Bonchev–Trinajstić information content (AvgIpc) is 3.44. The maximum atomic E-state index is 13.6. The number of hydrogen-bond acceptors (Lipinski definition) is 7. The molecule has 0 saturated carbocycles. The summed E-state index contributed by atoms with van der Waals surface area (Å²) in [4.78, 5) is 46.1. The summed E-state index contributed by atoms with van der Waals surface area (Å²) in [5, 5.41) is 0.919. The molecule has 0 aliphatic carbocycles. The fourth-order valence-corrected chi connectivity index (χ4v) is 5.92. The van der Waals surface area contributed by atoms with Gasteiger partial charge in [-0.05, 0) is 44.7 Å². The molecule has 2 aromatic heterocycles. The van der Waals surface area contributed by atoms with Crippen LogP contribution in [-0.4, -0.2) is 51.8 Å². The smallest absolute Gasteiger partial charge is 0.348 e. The lowest BCUT2D eigenvalue weighted by atomic mass is 10.1. The van der Waals surface area contributed by atoms with Crippen LogP contribution in [0.4, 0.5) is 0 Å². The van der Waals surface area contributed by atoms with Crippen molar-refractivity contribution in [2.75, 3.05) is 25.4 Å². The fraction of sp³-hybridized carbons (Fsp3) is 0.417. The predicted octanol–water partition coefficient (Wildman–Crippen LogP) is 4.01. The number of aryl methyl sites for hydroxylation is 2. The van der Waals surface area contributed by atoms with Crippen molar-refractivity contribution < 1.29 is 14.3 Å². The van der Waals surface area contributed by atoms with Gasteiger partial charge in [0.2, 0.25) is 5.91 Å². The summed E-state index contributed by atoms with van der Waals surface area (Å²) in [5.41, 5.74) is 2.49. The number of hydrogen-bond donors (Lipinski definition) is 0. The molecule has 1 fully saturated rings. The third kappa shape index (κ3) is 4.99. The number of thioether (sulfide) groups is 1. The molecule has 3 heterocycles. The highest BCUT2D eigenvalue weighted by molar-refractivity contribution is 7.99. The Morgan fingerprint density at radius 2 is 1.85 bits per heavy atom. The van der Waals surface area contributed by atoms with Crippen LogP contribution in [0.1, 0.15) is 46.1 Å². The Morgan fingerprint density at radius 3 is 2.52 bits per heavy atom. The van der Waals surface area contributed by atoms with E-state index in [1.807, 2.05) is 36.1 Å². The number of likely N-dealkylation sites (tertiary alicyclic amines) is 1. The van der Waals surface area contributed by atoms with Crippen LogP contribution in [0.25, 0.3) is 10.2 Å². The maximum Gasteiger partial charge on any atom is 0.348 e. The molecule has 0 atom stereocenters. The van der Waals surface area contributed by atoms with Crippen molar-refractivity contribution in [3.05, 3.63) is 56.2 Å². The molecule has 33 heavy (non-hydrogen) atoms. The second kappa shape index (κ2) is 10.1. The number of rotatable bonds is 7. The number of carbonyl (C=O) groups is 2. The summed E-state index contributed by atoms with van der Waals surface area (Å²) in [6.07, 6.45) is 2.06. The van der Waals surface area contributed by atoms with Gasteiger partial charge < -0.3 is 9.64 Å². The number of carbonyl (C=O) groups excluding carboxylic acids is 2. The first-order valence-corrected chi connectivity index (χ1v) is 12.9. The zero-order valence-electron chi connectivity index (χ0n) is 19.1. The molecule has 3 aromatic rings. The first kappa shape index (κ1) is 23.5. The molecule has 0 bridgehead atoms. The molecule has 1 aliphatic rings. The summed E-state index contributed by atoms with van der Waals surface area (Å²) in [5.74, 6) is -0.162. The van der Waals surface area contributed by atoms with Crippen LogP contribution < -0.4 is 5.56 Å². The van der Waals surface area contributed by atoms with E-state index < -0.39 is 5.97 Å². The molecule has 174 valence electrons. The first-order valence-electron chi connectivity index (χ1n) is 11.1. The third-order valence-electron chi connectivity index (χ3n) is 5.72. The first-order chi connectivity index (χ1) is 15.9. The van der Waals surface area contributed by atoms with Gasteiger partial charge in [0.25, 0.3) is 5.56 Å². The number of thiophene rings is 1. The predicted molar refractivity (Wildman–Crippen MR) is 131 cm³/mol. The summed E-state index contributed by atoms with van der Waals surface area (Å²) in [6.45, 7) is 7.70. The van der Waals surface area contributed by atoms with Gasteiger partial charge in [-0.1, -0.05) is 41.6 Å². The molecule has 1 amide bonds. The average molecular weight is 486 g/mol. The van der Waals surface area contributed by atoms with E-state index in [4.69, 9.17) is 9.72 Å². The van der Waals surface area contributed by atoms with Gasteiger partial charge in [0.15, 0.2) is 5.16 Å². The lowest BCUT2D eigenvalue weighted by molar-refractivity contribution is -0.127. The Bertz CT molecular complexity index is 1240. The van der Waals surface area contributed by atoms with Gasteiger partial charge in [0, 0.05) is 13.1 Å². The van der Waals surface area contributed by atoms with E-state index in [-0.39, 0.29) is 23.8 Å². The van der Waals surface area contributed by atoms with E-state index in [2.05, 4.69) is 0 Å². The normalized spacial score (nSPS) is 13.6. The van der Waals surface area contributed by atoms with Gasteiger partial charge in [-0.3, -0.25) is 14.2 Å². The minimum atomic E-state index is -0.444. The van der Waals surface area contributed by atoms with Crippen molar-refractivity contribution in [1.29, 1.82) is 0 Å². The van der Waals surface area contributed by atoms with Crippen molar-refractivity contribution in [2.24, 2.45) is 0 Å². The second-order valence-electron chi connectivity index (χ2n) is 8.10. The maximum absolute atomic E-state index is 13.6. The van der Waals surface area contributed by atoms with E-state index in [1.54, 1.807) is 18.4 Å². The van der Waals surface area contributed by atoms with Gasteiger partial charge >= 0.3 is 5.97 Å². The van der Waals surface area contributed by atoms with Crippen LogP contribution in [-0.2, 0) is 16.1 Å². The molecule has 0 spiro atoms. The Kier molecular flexibility index (Phi) is 7.19. The zero-order chi connectivity index (χ0) is 23.5. The van der Waals surface area contributed by atoms with E-state index >= 15 is 0 Å². The van der Waals surface area contributed by atoms with Crippen molar-refractivity contribution in [3.63, 3.8) is 0 Å². The van der Waals surface area contributed by atoms with E-state index in [0.717, 1.165) is 37.1 Å². The highest BCUT2D eigenvalue weighted by atomic mass is 32.2. The van der Waals surface area contributed by atoms with Crippen molar-refractivity contribution in [2.45, 2.75) is 45.3 Å². The summed E-state index contributed by atoms with van der Waals surface area (Å²) >= 11 is 2.45. The highest BCUT2D eigenvalue weighted by Crippen LogP contribution is 2.30. The third-order valence-corrected chi connectivity index (χ3v) is 7.85. The van der Waals surface area contributed by atoms with Crippen LogP contribution in [0.5, 0.6) is 0 Å². The van der Waals surface area contributed by atoms with E-state index in [0.29, 0.717) is 32.4 Å². The number of esters is 1. The molecule has 9 heteroatoms. The number of benzene rings is 1. The summed E-state index contributed by atoms with van der Waals surface area (Å²) < 4.78 is 6.78. The van der Waals surface area contributed by atoms with E-state index in [1.165, 1.54) is 23.1 Å². The molecule has 1 aliphatic heterocycles. The molecule has 4 rings (SSSR count). The minimum absolute atomic E-state index is 0.0586. The largest absolute Gasteiger partial charge is 0.462 e. The van der Waals surface area contributed by atoms with Crippen LogP contribution in [0.3, 0.4) is 0 Å². The topological polar surface area (TPSA) is 81.5 Å². The van der Waals surface area contributed by atoms with Crippen LogP contribution in [0.15, 0.2) is 34.2 Å². The van der Waals surface area contributed by atoms with E-state index in [9.17, 15) is 14.4 Å². The Labute approximate surface area is 200 Å². The number of ether oxygens (including phenoxy) is 1. The SMILES string of the molecule is CCOC(=O)c1sc2nc(SCC(=O)N3CCCC3)n(Cc3ccc(C)cc3)c(=O)c2c1C. The van der Waals surface area contributed by atoms with Gasteiger partial charge in [0.1, 0.15) is 9.71 Å². The van der Waals surface area contributed by atoms with Crippen molar-refractivity contribution in [1.82, 2.24) is 14.5 Å². The molecule has 1 aromatic carbocycles. The fourth-order valence-electron chi connectivity index (χ4n) is 3.90. The van der Waals surface area contributed by atoms with Gasteiger partial charge in [-0.25, -0.2) is 9.78 Å². The molecule has 7 nitrogen and oxygen atoms in total. The lowest BCUT2D eigenvalue weighted by Gasteiger charge is -2.16. The van der Waals surface area contributed by atoms with Gasteiger partial charge in [-0.2, -0.15) is 0 Å². The number of fused-ring (bicyclic) bond motifs is 1. The van der Waals surface area contributed by atoms with Crippen LogP contribution in [0, 0.1) is 13.8 Å². The molecular weight excluding hydrogens is 458 g/mol. The molecular formula is C24H27N3O4S2. The summed E-state index contributed by atoms with van der Waals surface area (Å²) in [6, 6.07) is 7.98. The quantitative estimate of drug-likeness (QED) is 0.286. The highest BCUT2D eigenvalue weighted by Gasteiger charge is 2.24. The minimum Gasteiger partial charge on any atom is -0.462 e. The number of nitrogens with zero attached hydrogens (tertiary/aromatic N) is 3. The zero-order valence-corrected chi connectivity index (χ0v) is 20.7. The molecule has 0 N–H and O–H groups in total. The lowest BCUT2D eigenvalue weighted by Crippen LogP contribution is -2.30. The molecule has 1 saturated heterocycles. The summed E-state index contributed by atoms with van der Waals surface area (Å²) in [7, 11) is 0. The Morgan fingerprint density at radius 1 is 1.15 bits per heavy atom. The standard InChI is InChI=1S/C24H27N3O4S2/c1-4-31-23(30)20-16(3)19-21(33-20)25-24(32-14-18(28)26-11-5-6-12-26)27(22(19)29)13-17-9-7-15(2)8-10-17/h7-10H,4-6,11-14H2,1-3H3. The monoisotopic (exact) mass is 485 g/mol. The molecule has 0 radical (unpaired) electrons. The van der Waals surface area contributed by atoms with Crippen LogP contribution in [0.2, 0.25) is 0 Å². The van der Waals surface area contributed by atoms with Gasteiger partial charge in [0.05, 0.1) is 24.3 Å². The van der Waals surface area contributed by atoms with Crippen molar-refractivity contribution in [3.8, 4) is 0 Å². The number of amides is 1. The number of aromatic nitrogens is 2. The Balaban J connectivity index is 1.75. The Hall–Kier alpha value is -2.65. The molecule has 0 unspecified atom stereocenters. The van der Waals surface area contributed by atoms with Crippen molar-refractivity contribution >= 4 is 45.2 Å². The van der Waals surface area contributed by atoms with Crippen LogP contribution >= 0.6 is 23.1 Å². The second-order valence-corrected chi connectivity index (χ2v) is 10.0.